The van der Waals surface area contributed by atoms with Gasteiger partial charge in [0, 0.05) is 12.2 Å². The molecule has 0 bridgehead atoms. The van der Waals surface area contributed by atoms with Crippen molar-refractivity contribution in [2.45, 2.75) is 59.3 Å². The first-order valence-electron chi connectivity index (χ1n) is 8.64. The quantitative estimate of drug-likeness (QED) is 0.833. The zero-order valence-electron chi connectivity index (χ0n) is 14.5. The molecule has 1 aliphatic rings. The molecule has 0 saturated heterocycles. The van der Waals surface area contributed by atoms with Crippen molar-refractivity contribution in [1.82, 2.24) is 5.32 Å². The number of anilines is 1. The van der Waals surface area contributed by atoms with Crippen molar-refractivity contribution in [2.75, 3.05) is 11.9 Å². The predicted molar refractivity (Wildman–Crippen MR) is 93.5 cm³/mol. The van der Waals surface area contributed by atoms with Gasteiger partial charge in [0.05, 0.1) is 0 Å². The molecule has 2 rings (SSSR count). The Balaban J connectivity index is 1.82. The second-order valence-corrected chi connectivity index (χ2v) is 6.78. The highest BCUT2D eigenvalue weighted by Crippen LogP contribution is 2.25. The van der Waals surface area contributed by atoms with Crippen molar-refractivity contribution in [2.24, 2.45) is 5.92 Å². The summed E-state index contributed by atoms with van der Waals surface area (Å²) in [5.41, 5.74) is 3.84. The predicted octanol–water partition coefficient (Wildman–Crippen LogP) is 3.64. The number of carbonyl (C=O) groups is 2. The highest BCUT2D eigenvalue weighted by atomic mass is 16.2. The summed E-state index contributed by atoms with van der Waals surface area (Å²) in [4.78, 5) is 24.0. The van der Waals surface area contributed by atoms with Crippen LogP contribution in [0.25, 0.3) is 0 Å². The van der Waals surface area contributed by atoms with Crippen molar-refractivity contribution < 1.29 is 9.59 Å². The van der Waals surface area contributed by atoms with E-state index in [0.29, 0.717) is 12.5 Å². The maximum Gasteiger partial charge on any atom is 0.313 e. The molecule has 0 spiro atoms. The third-order valence-corrected chi connectivity index (χ3v) is 4.68. The molecule has 1 aromatic carbocycles. The Morgan fingerprint density at radius 1 is 1.00 bits per heavy atom. The number of benzene rings is 1. The first-order valence-corrected chi connectivity index (χ1v) is 8.64. The molecule has 1 aromatic rings. The Labute approximate surface area is 139 Å². The minimum atomic E-state index is -0.580. The molecule has 0 atom stereocenters. The Morgan fingerprint density at radius 2 is 1.61 bits per heavy atom. The minimum Gasteiger partial charge on any atom is -0.348 e. The molecule has 0 unspecified atom stereocenters. The van der Waals surface area contributed by atoms with Crippen LogP contribution in [0.4, 0.5) is 5.69 Å². The maximum atomic E-state index is 12.1. The van der Waals surface area contributed by atoms with Crippen LogP contribution < -0.4 is 10.6 Å². The van der Waals surface area contributed by atoms with Crippen LogP contribution in [0, 0.1) is 26.7 Å². The number of aryl methyl sites for hydroxylation is 3. The number of hydrogen-bond acceptors (Lipinski definition) is 2. The van der Waals surface area contributed by atoms with Gasteiger partial charge < -0.3 is 10.6 Å². The molecule has 126 valence electrons. The third kappa shape index (κ3) is 5.08. The number of rotatable bonds is 4. The van der Waals surface area contributed by atoms with E-state index >= 15 is 0 Å². The fourth-order valence-corrected chi connectivity index (χ4v) is 3.49. The number of nitrogens with one attached hydrogen (secondary N) is 2. The van der Waals surface area contributed by atoms with E-state index in [0.717, 1.165) is 28.8 Å². The summed E-state index contributed by atoms with van der Waals surface area (Å²) >= 11 is 0. The molecule has 1 saturated carbocycles. The Bertz CT molecular complexity index is 552. The normalized spacial score (nSPS) is 15.3. The fourth-order valence-electron chi connectivity index (χ4n) is 3.49. The summed E-state index contributed by atoms with van der Waals surface area (Å²) in [5, 5.41) is 5.49. The topological polar surface area (TPSA) is 58.2 Å². The monoisotopic (exact) mass is 316 g/mol. The van der Waals surface area contributed by atoms with Crippen molar-refractivity contribution in [3.05, 3.63) is 28.8 Å². The average molecular weight is 316 g/mol. The fraction of sp³-hybridized carbons (Fsp3) is 0.579. The summed E-state index contributed by atoms with van der Waals surface area (Å²) < 4.78 is 0. The zero-order chi connectivity index (χ0) is 16.8. The second-order valence-electron chi connectivity index (χ2n) is 6.78. The van der Waals surface area contributed by atoms with Crippen molar-refractivity contribution >= 4 is 17.5 Å². The molecule has 23 heavy (non-hydrogen) atoms. The molecule has 0 aliphatic heterocycles. The van der Waals surface area contributed by atoms with E-state index in [1.807, 2.05) is 32.9 Å². The van der Waals surface area contributed by atoms with Crippen LogP contribution >= 0.6 is 0 Å². The van der Waals surface area contributed by atoms with Gasteiger partial charge in [0.1, 0.15) is 0 Å². The van der Waals surface area contributed by atoms with E-state index in [1.165, 1.54) is 32.1 Å². The van der Waals surface area contributed by atoms with E-state index in [4.69, 9.17) is 0 Å². The van der Waals surface area contributed by atoms with Crippen LogP contribution in [-0.4, -0.2) is 18.4 Å². The highest BCUT2D eigenvalue weighted by Gasteiger charge is 2.17. The molecule has 2 amide bonds. The van der Waals surface area contributed by atoms with Crippen LogP contribution in [0.5, 0.6) is 0 Å². The van der Waals surface area contributed by atoms with Gasteiger partial charge in [-0.05, 0) is 44.2 Å². The standard InChI is InChI=1S/C19H28N2O2/c1-13-11-14(2)17(15(3)12-13)21-19(23)18(22)20-10-9-16-7-5-4-6-8-16/h11-12,16H,4-10H2,1-3H3,(H,20,22)(H,21,23). The number of amides is 2. The van der Waals surface area contributed by atoms with Gasteiger partial charge in [-0.25, -0.2) is 0 Å². The van der Waals surface area contributed by atoms with Gasteiger partial charge in [0.2, 0.25) is 0 Å². The van der Waals surface area contributed by atoms with Gasteiger partial charge >= 0.3 is 11.8 Å². The van der Waals surface area contributed by atoms with E-state index < -0.39 is 11.8 Å². The molecule has 2 N–H and O–H groups in total. The summed E-state index contributed by atoms with van der Waals surface area (Å²) in [6, 6.07) is 4.01. The van der Waals surface area contributed by atoms with Gasteiger partial charge in [-0.3, -0.25) is 9.59 Å². The van der Waals surface area contributed by atoms with Crippen LogP contribution in [-0.2, 0) is 9.59 Å². The summed E-state index contributed by atoms with van der Waals surface area (Å²) in [5.74, 6) is -0.419. The lowest BCUT2D eigenvalue weighted by Crippen LogP contribution is -2.36. The van der Waals surface area contributed by atoms with Gasteiger partial charge in [-0.2, -0.15) is 0 Å². The molecule has 0 aromatic heterocycles. The first kappa shape index (κ1) is 17.5. The Kier molecular flexibility index (Phi) is 6.20. The van der Waals surface area contributed by atoms with Crippen LogP contribution in [0.3, 0.4) is 0 Å². The smallest absolute Gasteiger partial charge is 0.313 e. The number of hydrogen-bond donors (Lipinski definition) is 2. The van der Waals surface area contributed by atoms with Gasteiger partial charge in [-0.1, -0.05) is 49.8 Å². The highest BCUT2D eigenvalue weighted by molar-refractivity contribution is 6.39. The van der Waals surface area contributed by atoms with Gasteiger partial charge in [0.15, 0.2) is 0 Å². The lowest BCUT2D eigenvalue weighted by atomic mass is 9.87. The summed E-state index contributed by atoms with van der Waals surface area (Å²) in [6.07, 6.45) is 7.41. The molecule has 1 fully saturated rings. The molecular formula is C19H28N2O2. The maximum absolute atomic E-state index is 12.1. The minimum absolute atomic E-state index is 0.541. The van der Waals surface area contributed by atoms with E-state index in [2.05, 4.69) is 10.6 Å². The van der Waals surface area contributed by atoms with Crippen LogP contribution in [0.2, 0.25) is 0 Å². The lowest BCUT2D eigenvalue weighted by Gasteiger charge is -2.21. The largest absolute Gasteiger partial charge is 0.348 e. The molecule has 0 heterocycles. The van der Waals surface area contributed by atoms with E-state index in [1.54, 1.807) is 0 Å². The van der Waals surface area contributed by atoms with Crippen molar-refractivity contribution in [1.29, 1.82) is 0 Å². The first-order chi connectivity index (χ1) is 11.0. The number of carbonyl (C=O) groups excluding carboxylic acids is 2. The van der Waals surface area contributed by atoms with Crippen molar-refractivity contribution in [3.8, 4) is 0 Å². The molecule has 4 heteroatoms. The second kappa shape index (κ2) is 8.14. The van der Waals surface area contributed by atoms with Crippen LogP contribution in [0.15, 0.2) is 12.1 Å². The summed E-state index contributed by atoms with van der Waals surface area (Å²) in [7, 11) is 0. The molecular weight excluding hydrogens is 288 g/mol. The van der Waals surface area contributed by atoms with Gasteiger partial charge in [0.25, 0.3) is 0 Å². The van der Waals surface area contributed by atoms with E-state index in [-0.39, 0.29) is 0 Å². The third-order valence-electron chi connectivity index (χ3n) is 4.68. The van der Waals surface area contributed by atoms with Crippen molar-refractivity contribution in [3.63, 3.8) is 0 Å². The van der Waals surface area contributed by atoms with E-state index in [9.17, 15) is 9.59 Å². The lowest BCUT2D eigenvalue weighted by molar-refractivity contribution is -0.136. The average Bonchev–Trinajstić information content (AvgIpc) is 2.51. The Hall–Kier alpha value is -1.84. The SMILES string of the molecule is Cc1cc(C)c(NC(=O)C(=O)NCCC2CCCCC2)c(C)c1. The molecule has 4 nitrogen and oxygen atoms in total. The summed E-state index contributed by atoms with van der Waals surface area (Å²) in [6.45, 7) is 6.49. The van der Waals surface area contributed by atoms with Gasteiger partial charge in [-0.15, -0.1) is 0 Å². The zero-order valence-corrected chi connectivity index (χ0v) is 14.5. The Morgan fingerprint density at radius 3 is 2.22 bits per heavy atom. The van der Waals surface area contributed by atoms with Crippen LogP contribution in [0.1, 0.15) is 55.2 Å². The molecule has 1 aliphatic carbocycles. The molecule has 0 radical (unpaired) electrons.